The molecule has 0 aliphatic heterocycles. The molecule has 0 aliphatic rings. The van der Waals surface area contributed by atoms with E-state index in [1.165, 1.54) is 0 Å². The summed E-state index contributed by atoms with van der Waals surface area (Å²) in [6.07, 6.45) is 5.27. The normalized spacial score (nSPS) is 10.8. The Morgan fingerprint density at radius 1 is 1.12 bits per heavy atom. The second-order valence-corrected chi connectivity index (χ2v) is 5.26. The quantitative estimate of drug-likeness (QED) is 0.601. The van der Waals surface area contributed by atoms with E-state index < -0.39 is 0 Å². The number of fused-ring (bicyclic) bond motifs is 1. The minimum Gasteiger partial charge on any atom is -0.352 e. The first-order valence-corrected chi connectivity index (χ1v) is 7.47. The minimum absolute atomic E-state index is 0.157. The van der Waals surface area contributed by atoms with Crippen LogP contribution in [0.4, 0.5) is 5.95 Å². The minimum atomic E-state index is -0.157. The van der Waals surface area contributed by atoms with Gasteiger partial charge in [-0.1, -0.05) is 12.1 Å². The van der Waals surface area contributed by atoms with Crippen LogP contribution in [-0.2, 0) is 6.54 Å². The molecule has 2 N–H and O–H groups in total. The van der Waals surface area contributed by atoms with Gasteiger partial charge in [0.05, 0.1) is 10.9 Å². The zero-order valence-electron chi connectivity index (χ0n) is 12.7. The predicted octanol–water partition coefficient (Wildman–Crippen LogP) is 2.12. The van der Waals surface area contributed by atoms with Crippen LogP contribution in [0.1, 0.15) is 5.56 Å². The summed E-state index contributed by atoms with van der Waals surface area (Å²) in [7, 11) is 0. The second kappa shape index (κ2) is 5.96. The third-order valence-electron chi connectivity index (χ3n) is 3.62. The SMILES string of the molecule is O=c1[nH]c(NCc2ccnc(-n3cccn3)c2)nc2ccccc12. The van der Waals surface area contributed by atoms with Crippen LogP contribution in [0.3, 0.4) is 0 Å². The van der Waals surface area contributed by atoms with Crippen molar-refractivity contribution in [3.8, 4) is 5.82 Å². The van der Waals surface area contributed by atoms with Gasteiger partial charge in [-0.3, -0.25) is 9.78 Å². The Labute approximate surface area is 137 Å². The first-order valence-electron chi connectivity index (χ1n) is 7.47. The Hall–Kier alpha value is -3.48. The number of benzene rings is 1. The molecule has 0 fully saturated rings. The molecule has 0 aliphatic carbocycles. The van der Waals surface area contributed by atoms with E-state index in [0.29, 0.717) is 23.4 Å². The third-order valence-corrected chi connectivity index (χ3v) is 3.62. The van der Waals surface area contributed by atoms with Crippen LogP contribution in [0.5, 0.6) is 0 Å². The lowest BCUT2D eigenvalue weighted by Gasteiger charge is -2.08. The first-order chi connectivity index (χ1) is 11.8. The number of anilines is 1. The Bertz CT molecular complexity index is 1040. The van der Waals surface area contributed by atoms with Gasteiger partial charge >= 0.3 is 0 Å². The van der Waals surface area contributed by atoms with E-state index in [0.717, 1.165) is 11.4 Å². The van der Waals surface area contributed by atoms with E-state index in [1.54, 1.807) is 23.1 Å². The summed E-state index contributed by atoms with van der Waals surface area (Å²) in [4.78, 5) is 23.5. The fraction of sp³-hybridized carbons (Fsp3) is 0.0588. The topological polar surface area (TPSA) is 88.5 Å². The van der Waals surface area contributed by atoms with Crippen molar-refractivity contribution in [3.63, 3.8) is 0 Å². The standard InChI is InChI=1S/C17H14N6O/c24-16-13-4-1-2-5-14(13)21-17(22-16)19-11-12-6-8-18-15(10-12)23-9-3-7-20-23/h1-10H,11H2,(H2,19,21,22,24). The molecule has 0 saturated carbocycles. The fourth-order valence-electron chi connectivity index (χ4n) is 2.46. The number of rotatable bonds is 4. The highest BCUT2D eigenvalue weighted by molar-refractivity contribution is 5.78. The maximum Gasteiger partial charge on any atom is 0.260 e. The number of pyridine rings is 1. The lowest BCUT2D eigenvalue weighted by atomic mass is 10.2. The third kappa shape index (κ3) is 2.74. The van der Waals surface area contributed by atoms with Gasteiger partial charge in [0.25, 0.3) is 5.56 Å². The van der Waals surface area contributed by atoms with E-state index >= 15 is 0 Å². The number of nitrogens with zero attached hydrogens (tertiary/aromatic N) is 4. The number of aromatic nitrogens is 5. The highest BCUT2D eigenvalue weighted by Crippen LogP contribution is 2.10. The highest BCUT2D eigenvalue weighted by atomic mass is 16.1. The molecule has 3 heterocycles. The Balaban J connectivity index is 1.57. The number of H-pyrrole nitrogens is 1. The van der Waals surface area contributed by atoms with Gasteiger partial charge in [-0.15, -0.1) is 0 Å². The molecule has 3 aromatic heterocycles. The van der Waals surface area contributed by atoms with Crippen molar-refractivity contribution < 1.29 is 0 Å². The van der Waals surface area contributed by atoms with Crippen LogP contribution < -0.4 is 10.9 Å². The van der Waals surface area contributed by atoms with Crippen molar-refractivity contribution in [2.75, 3.05) is 5.32 Å². The van der Waals surface area contributed by atoms with Gasteiger partial charge in [-0.05, 0) is 35.9 Å². The molecule has 0 bridgehead atoms. The van der Waals surface area contributed by atoms with Crippen molar-refractivity contribution in [1.82, 2.24) is 24.7 Å². The Morgan fingerprint density at radius 2 is 2.04 bits per heavy atom. The van der Waals surface area contributed by atoms with E-state index in [4.69, 9.17) is 0 Å². The first kappa shape index (κ1) is 14.1. The molecule has 7 nitrogen and oxygen atoms in total. The largest absolute Gasteiger partial charge is 0.352 e. The van der Waals surface area contributed by atoms with Crippen molar-refractivity contribution in [3.05, 3.63) is 77.0 Å². The maximum atomic E-state index is 12.1. The van der Waals surface area contributed by atoms with Gasteiger partial charge < -0.3 is 5.32 Å². The molecule has 0 spiro atoms. The van der Waals surface area contributed by atoms with Gasteiger partial charge in [-0.25, -0.2) is 14.6 Å². The molecule has 0 amide bonds. The number of para-hydroxylation sites is 1. The van der Waals surface area contributed by atoms with Crippen LogP contribution in [-0.4, -0.2) is 24.7 Å². The van der Waals surface area contributed by atoms with Crippen LogP contribution in [0.25, 0.3) is 16.7 Å². The van der Waals surface area contributed by atoms with Gasteiger partial charge in [0.1, 0.15) is 0 Å². The average molecular weight is 318 g/mol. The van der Waals surface area contributed by atoms with E-state index in [9.17, 15) is 4.79 Å². The van der Waals surface area contributed by atoms with Crippen molar-refractivity contribution in [2.45, 2.75) is 6.54 Å². The number of hydrogen-bond donors (Lipinski definition) is 2. The lowest BCUT2D eigenvalue weighted by Crippen LogP contribution is -2.13. The van der Waals surface area contributed by atoms with Gasteiger partial charge in [0.15, 0.2) is 5.82 Å². The van der Waals surface area contributed by atoms with E-state index in [-0.39, 0.29) is 5.56 Å². The zero-order valence-corrected chi connectivity index (χ0v) is 12.7. The molecule has 24 heavy (non-hydrogen) atoms. The smallest absolute Gasteiger partial charge is 0.260 e. The average Bonchev–Trinajstić information content (AvgIpc) is 3.15. The van der Waals surface area contributed by atoms with Crippen molar-refractivity contribution >= 4 is 16.9 Å². The summed E-state index contributed by atoms with van der Waals surface area (Å²) in [6.45, 7) is 0.512. The summed E-state index contributed by atoms with van der Waals surface area (Å²) in [5.74, 6) is 1.18. The predicted molar refractivity (Wildman–Crippen MR) is 91.0 cm³/mol. The van der Waals surface area contributed by atoms with Crippen LogP contribution in [0.2, 0.25) is 0 Å². The molecule has 4 aromatic rings. The monoisotopic (exact) mass is 318 g/mol. The molecule has 7 heteroatoms. The molecule has 1 aromatic carbocycles. The second-order valence-electron chi connectivity index (χ2n) is 5.26. The van der Waals surface area contributed by atoms with E-state index in [2.05, 4.69) is 25.4 Å². The summed E-state index contributed by atoms with van der Waals surface area (Å²) < 4.78 is 1.69. The molecule has 0 saturated heterocycles. The zero-order chi connectivity index (χ0) is 16.4. The van der Waals surface area contributed by atoms with Gasteiger partial charge in [0.2, 0.25) is 5.95 Å². The highest BCUT2D eigenvalue weighted by Gasteiger charge is 2.04. The summed E-state index contributed by atoms with van der Waals surface area (Å²) in [5, 5.41) is 7.88. The number of aromatic amines is 1. The molecule has 0 unspecified atom stereocenters. The lowest BCUT2D eigenvalue weighted by molar-refractivity contribution is 0.842. The molecule has 4 rings (SSSR count). The van der Waals surface area contributed by atoms with Gasteiger partial charge in [-0.2, -0.15) is 5.10 Å². The summed E-state index contributed by atoms with van der Waals surface area (Å²) in [6, 6.07) is 12.9. The molecule has 0 atom stereocenters. The fourth-order valence-corrected chi connectivity index (χ4v) is 2.46. The maximum absolute atomic E-state index is 12.1. The molecule has 118 valence electrons. The molecular formula is C17H14N6O. The van der Waals surface area contributed by atoms with Crippen molar-refractivity contribution in [2.24, 2.45) is 0 Å². The Morgan fingerprint density at radius 3 is 2.92 bits per heavy atom. The van der Waals surface area contributed by atoms with Crippen LogP contribution in [0.15, 0.2) is 65.8 Å². The summed E-state index contributed by atoms with van der Waals surface area (Å²) >= 11 is 0. The van der Waals surface area contributed by atoms with E-state index in [1.807, 2.05) is 42.6 Å². The number of hydrogen-bond acceptors (Lipinski definition) is 5. The van der Waals surface area contributed by atoms with Crippen LogP contribution in [0, 0.1) is 0 Å². The Kier molecular flexibility index (Phi) is 3.51. The molecular weight excluding hydrogens is 304 g/mol. The van der Waals surface area contributed by atoms with Crippen LogP contribution >= 0.6 is 0 Å². The van der Waals surface area contributed by atoms with Gasteiger partial charge in [0, 0.05) is 25.1 Å². The summed E-state index contributed by atoms with van der Waals surface area (Å²) in [5.41, 5.74) is 1.51. The number of nitrogens with one attached hydrogen (secondary N) is 2. The van der Waals surface area contributed by atoms with Crippen molar-refractivity contribution in [1.29, 1.82) is 0 Å². The molecule has 0 radical (unpaired) electrons.